The molecule has 0 aromatic rings. The maximum Gasteiger partial charge on any atom is 0.129 e. The number of carbonyl (C=O) groups excluding carboxylic acids is 1. The van der Waals surface area contributed by atoms with Crippen LogP contribution in [0.5, 0.6) is 0 Å². The van der Waals surface area contributed by atoms with Crippen LogP contribution in [0, 0.1) is 0 Å². The van der Waals surface area contributed by atoms with Gasteiger partial charge in [-0.05, 0) is 52.2 Å². The second kappa shape index (κ2) is 10.2. The summed E-state index contributed by atoms with van der Waals surface area (Å²) in [5.41, 5.74) is 0. The first-order valence-corrected chi connectivity index (χ1v) is 6.51. The molecule has 2 heteroatoms. The van der Waals surface area contributed by atoms with Gasteiger partial charge < -0.3 is 9.69 Å². The molecule has 15 heavy (non-hydrogen) atoms. The van der Waals surface area contributed by atoms with Crippen LogP contribution in [-0.2, 0) is 4.79 Å². The summed E-state index contributed by atoms with van der Waals surface area (Å²) in [6, 6.07) is 0. The highest BCUT2D eigenvalue weighted by Crippen LogP contribution is 2.09. The van der Waals surface area contributed by atoms with Crippen molar-refractivity contribution in [2.75, 3.05) is 19.6 Å². The number of likely N-dealkylation sites (tertiary alicyclic amines) is 1. The predicted molar refractivity (Wildman–Crippen MR) is 66.2 cm³/mol. The maximum absolute atomic E-state index is 10.7. The Bertz CT molecular complexity index is 151. The number of hydrogen-bond acceptors (Lipinski definition) is 2. The number of ketones is 1. The Balaban J connectivity index is 0.000000921. The minimum atomic E-state index is 0.332. The fourth-order valence-corrected chi connectivity index (χ4v) is 1.89. The Labute approximate surface area is 95.0 Å². The van der Waals surface area contributed by atoms with Crippen LogP contribution in [0.3, 0.4) is 0 Å². The van der Waals surface area contributed by atoms with Crippen molar-refractivity contribution in [3.63, 3.8) is 0 Å². The van der Waals surface area contributed by atoms with Crippen LogP contribution in [-0.4, -0.2) is 30.3 Å². The van der Waals surface area contributed by atoms with Gasteiger partial charge in [-0.25, -0.2) is 0 Å². The molecule has 1 rings (SSSR count). The standard InChI is InChI=1S/C11H21NO.C2H6/c1-11(13)7-3-6-10-12-8-4-2-5-9-12;1-2/h2-10H2,1H3;1-2H3. The Morgan fingerprint density at radius 2 is 1.67 bits per heavy atom. The van der Waals surface area contributed by atoms with Crippen molar-refractivity contribution in [3.05, 3.63) is 0 Å². The Morgan fingerprint density at radius 1 is 1.07 bits per heavy atom. The van der Waals surface area contributed by atoms with Crippen molar-refractivity contribution in [3.8, 4) is 0 Å². The van der Waals surface area contributed by atoms with E-state index in [9.17, 15) is 4.79 Å². The van der Waals surface area contributed by atoms with E-state index in [4.69, 9.17) is 0 Å². The van der Waals surface area contributed by atoms with Crippen molar-refractivity contribution >= 4 is 5.78 Å². The molecule has 0 saturated carbocycles. The number of rotatable bonds is 5. The van der Waals surface area contributed by atoms with Gasteiger partial charge in [-0.2, -0.15) is 0 Å². The lowest BCUT2D eigenvalue weighted by Crippen LogP contribution is -2.30. The number of unbranched alkanes of at least 4 members (excludes halogenated alkanes) is 1. The molecule has 2 nitrogen and oxygen atoms in total. The van der Waals surface area contributed by atoms with E-state index in [1.54, 1.807) is 6.92 Å². The first kappa shape index (κ1) is 14.6. The van der Waals surface area contributed by atoms with Crippen LogP contribution in [0.1, 0.15) is 59.3 Å². The summed E-state index contributed by atoms with van der Waals surface area (Å²) in [5, 5.41) is 0. The Kier molecular flexibility index (Phi) is 9.91. The monoisotopic (exact) mass is 213 g/mol. The van der Waals surface area contributed by atoms with Gasteiger partial charge in [-0.1, -0.05) is 20.3 Å². The zero-order valence-corrected chi connectivity index (χ0v) is 10.7. The second-order valence-corrected chi connectivity index (χ2v) is 4.06. The predicted octanol–water partition coefficient (Wildman–Crippen LogP) is 3.26. The number of piperidine rings is 1. The molecule has 0 aliphatic carbocycles. The zero-order valence-electron chi connectivity index (χ0n) is 10.7. The molecule has 1 fully saturated rings. The van der Waals surface area contributed by atoms with E-state index in [0.717, 1.165) is 12.8 Å². The molecular formula is C13H27NO. The number of carbonyl (C=O) groups is 1. The lowest BCUT2D eigenvalue weighted by molar-refractivity contribution is -0.117. The summed E-state index contributed by atoms with van der Waals surface area (Å²) in [4.78, 5) is 13.2. The molecule has 0 aromatic heterocycles. The topological polar surface area (TPSA) is 20.3 Å². The van der Waals surface area contributed by atoms with Gasteiger partial charge in [0.1, 0.15) is 5.78 Å². The second-order valence-electron chi connectivity index (χ2n) is 4.06. The van der Waals surface area contributed by atoms with Crippen molar-refractivity contribution in [1.82, 2.24) is 4.90 Å². The SMILES string of the molecule is CC.CC(=O)CCCCN1CCCCC1. The Morgan fingerprint density at radius 3 is 2.20 bits per heavy atom. The van der Waals surface area contributed by atoms with E-state index < -0.39 is 0 Å². The minimum Gasteiger partial charge on any atom is -0.303 e. The first-order chi connectivity index (χ1) is 7.29. The number of nitrogens with zero attached hydrogens (tertiary/aromatic N) is 1. The van der Waals surface area contributed by atoms with Gasteiger partial charge in [0.2, 0.25) is 0 Å². The van der Waals surface area contributed by atoms with Crippen LogP contribution >= 0.6 is 0 Å². The fourth-order valence-electron chi connectivity index (χ4n) is 1.89. The molecule has 0 N–H and O–H groups in total. The molecule has 0 aromatic carbocycles. The molecule has 0 radical (unpaired) electrons. The molecule has 0 bridgehead atoms. The van der Waals surface area contributed by atoms with Crippen LogP contribution in [0.15, 0.2) is 0 Å². The fraction of sp³-hybridized carbons (Fsp3) is 0.923. The van der Waals surface area contributed by atoms with E-state index in [0.29, 0.717) is 5.78 Å². The van der Waals surface area contributed by atoms with E-state index >= 15 is 0 Å². The highest BCUT2D eigenvalue weighted by atomic mass is 16.1. The third-order valence-electron chi connectivity index (χ3n) is 2.70. The quantitative estimate of drug-likeness (QED) is 0.653. The van der Waals surface area contributed by atoms with Gasteiger partial charge in [0, 0.05) is 6.42 Å². The van der Waals surface area contributed by atoms with Crippen molar-refractivity contribution in [1.29, 1.82) is 0 Å². The number of hydrogen-bond donors (Lipinski definition) is 0. The first-order valence-electron chi connectivity index (χ1n) is 6.51. The summed E-state index contributed by atoms with van der Waals surface area (Å²) >= 11 is 0. The maximum atomic E-state index is 10.7. The van der Waals surface area contributed by atoms with Crippen LogP contribution < -0.4 is 0 Å². The molecule has 1 heterocycles. The van der Waals surface area contributed by atoms with Gasteiger partial charge in [0.25, 0.3) is 0 Å². The third kappa shape index (κ3) is 8.61. The van der Waals surface area contributed by atoms with Crippen molar-refractivity contribution in [2.24, 2.45) is 0 Å². The van der Waals surface area contributed by atoms with Gasteiger partial charge in [-0.3, -0.25) is 0 Å². The molecule has 90 valence electrons. The lowest BCUT2D eigenvalue weighted by Gasteiger charge is -2.26. The smallest absolute Gasteiger partial charge is 0.129 e. The molecule has 1 saturated heterocycles. The van der Waals surface area contributed by atoms with Gasteiger partial charge in [-0.15, -0.1) is 0 Å². The highest BCUT2D eigenvalue weighted by molar-refractivity contribution is 5.75. The van der Waals surface area contributed by atoms with Crippen LogP contribution in [0.2, 0.25) is 0 Å². The van der Waals surface area contributed by atoms with Crippen molar-refractivity contribution in [2.45, 2.75) is 59.3 Å². The van der Waals surface area contributed by atoms with Crippen molar-refractivity contribution < 1.29 is 4.79 Å². The minimum absolute atomic E-state index is 0.332. The van der Waals surface area contributed by atoms with Gasteiger partial charge >= 0.3 is 0 Å². The van der Waals surface area contributed by atoms with Crippen LogP contribution in [0.4, 0.5) is 0 Å². The molecule has 1 aliphatic rings. The summed E-state index contributed by atoms with van der Waals surface area (Å²) in [6.45, 7) is 9.44. The molecule has 1 aliphatic heterocycles. The molecule has 0 atom stereocenters. The van der Waals surface area contributed by atoms with E-state index in [-0.39, 0.29) is 0 Å². The highest BCUT2D eigenvalue weighted by Gasteiger charge is 2.08. The average molecular weight is 213 g/mol. The van der Waals surface area contributed by atoms with Gasteiger partial charge in [0.15, 0.2) is 0 Å². The van der Waals surface area contributed by atoms with Gasteiger partial charge in [0.05, 0.1) is 0 Å². The van der Waals surface area contributed by atoms with Crippen LogP contribution in [0.25, 0.3) is 0 Å². The third-order valence-corrected chi connectivity index (χ3v) is 2.70. The normalized spacial score (nSPS) is 16.7. The van der Waals surface area contributed by atoms with E-state index in [1.165, 1.54) is 45.3 Å². The molecular weight excluding hydrogens is 186 g/mol. The largest absolute Gasteiger partial charge is 0.303 e. The van der Waals surface area contributed by atoms with E-state index in [2.05, 4.69) is 4.90 Å². The van der Waals surface area contributed by atoms with E-state index in [1.807, 2.05) is 13.8 Å². The number of Topliss-reactive ketones (excluding diaryl/α,β-unsaturated/α-hetero) is 1. The summed E-state index contributed by atoms with van der Waals surface area (Å²) in [6.07, 6.45) is 7.18. The lowest BCUT2D eigenvalue weighted by atomic mass is 10.1. The molecule has 0 amide bonds. The molecule has 0 unspecified atom stereocenters. The average Bonchev–Trinajstić information content (AvgIpc) is 2.28. The summed E-state index contributed by atoms with van der Waals surface area (Å²) in [5.74, 6) is 0.332. The summed E-state index contributed by atoms with van der Waals surface area (Å²) in [7, 11) is 0. The Hall–Kier alpha value is -0.370. The zero-order chi connectivity index (χ0) is 11.5. The summed E-state index contributed by atoms with van der Waals surface area (Å²) < 4.78 is 0. The molecule has 0 spiro atoms.